The van der Waals surface area contributed by atoms with E-state index in [2.05, 4.69) is 20.4 Å². The van der Waals surface area contributed by atoms with Gasteiger partial charge >= 0.3 is 6.36 Å². The van der Waals surface area contributed by atoms with Crippen molar-refractivity contribution in [3.05, 3.63) is 53.6 Å². The SMILES string of the molecule is NC(=NCCCC(=O)Nc1ccc(Cl)cc1)Nc1ccc(OC(F)(F)F)cc1. The summed E-state index contributed by atoms with van der Waals surface area (Å²) in [5, 5.41) is 6.06. The number of halogens is 4. The molecule has 150 valence electrons. The first-order valence-corrected chi connectivity index (χ1v) is 8.57. The van der Waals surface area contributed by atoms with Gasteiger partial charge in [0.2, 0.25) is 5.91 Å². The maximum Gasteiger partial charge on any atom is 0.573 e. The van der Waals surface area contributed by atoms with Crippen LogP contribution in [-0.4, -0.2) is 24.8 Å². The third kappa shape index (κ3) is 8.17. The molecule has 0 unspecified atom stereocenters. The van der Waals surface area contributed by atoms with Crippen molar-refractivity contribution in [1.82, 2.24) is 0 Å². The molecular formula is C18H18ClF3N4O2. The van der Waals surface area contributed by atoms with Crippen molar-refractivity contribution < 1.29 is 22.7 Å². The molecule has 4 N–H and O–H groups in total. The van der Waals surface area contributed by atoms with Crippen LogP contribution in [0.2, 0.25) is 5.02 Å². The highest BCUT2D eigenvalue weighted by molar-refractivity contribution is 6.30. The van der Waals surface area contributed by atoms with Crippen LogP contribution in [0.25, 0.3) is 0 Å². The molecule has 0 aliphatic carbocycles. The number of carbonyl (C=O) groups is 1. The number of guanidine groups is 1. The molecule has 0 spiro atoms. The molecule has 1 amide bonds. The number of alkyl halides is 3. The van der Waals surface area contributed by atoms with E-state index in [1.807, 2.05) is 0 Å². The van der Waals surface area contributed by atoms with Crippen molar-refractivity contribution in [2.75, 3.05) is 17.2 Å². The molecule has 28 heavy (non-hydrogen) atoms. The second-order valence-electron chi connectivity index (χ2n) is 5.62. The third-order valence-corrected chi connectivity index (χ3v) is 3.58. The summed E-state index contributed by atoms with van der Waals surface area (Å²) in [5.41, 5.74) is 6.82. The smallest absolute Gasteiger partial charge is 0.406 e. The second kappa shape index (κ2) is 9.84. The average molecular weight is 415 g/mol. The Balaban J connectivity index is 1.72. The van der Waals surface area contributed by atoms with Crippen molar-refractivity contribution >= 4 is 34.8 Å². The van der Waals surface area contributed by atoms with Crippen molar-refractivity contribution in [3.63, 3.8) is 0 Å². The van der Waals surface area contributed by atoms with Gasteiger partial charge in [-0.2, -0.15) is 0 Å². The fraction of sp³-hybridized carbons (Fsp3) is 0.222. The number of rotatable bonds is 7. The first kappa shape index (κ1) is 21.4. The van der Waals surface area contributed by atoms with E-state index in [-0.39, 0.29) is 24.0 Å². The van der Waals surface area contributed by atoms with E-state index in [0.717, 1.165) is 12.1 Å². The predicted molar refractivity (Wildman–Crippen MR) is 103 cm³/mol. The van der Waals surface area contributed by atoms with Gasteiger partial charge in [-0.25, -0.2) is 0 Å². The summed E-state index contributed by atoms with van der Waals surface area (Å²) >= 11 is 5.77. The van der Waals surface area contributed by atoms with E-state index in [4.69, 9.17) is 17.3 Å². The van der Waals surface area contributed by atoms with Gasteiger partial charge in [0.25, 0.3) is 0 Å². The number of amides is 1. The van der Waals surface area contributed by atoms with E-state index in [1.54, 1.807) is 24.3 Å². The van der Waals surface area contributed by atoms with Gasteiger partial charge in [-0.3, -0.25) is 9.79 Å². The Hall–Kier alpha value is -2.94. The maximum atomic E-state index is 12.1. The minimum Gasteiger partial charge on any atom is -0.406 e. The summed E-state index contributed by atoms with van der Waals surface area (Å²) in [6.45, 7) is 0.308. The van der Waals surface area contributed by atoms with Crippen LogP contribution in [0.5, 0.6) is 5.75 Å². The summed E-state index contributed by atoms with van der Waals surface area (Å²) in [6, 6.07) is 11.8. The fourth-order valence-corrected chi connectivity index (χ4v) is 2.25. The van der Waals surface area contributed by atoms with Gasteiger partial charge < -0.3 is 21.1 Å². The van der Waals surface area contributed by atoms with Gasteiger partial charge in [0.15, 0.2) is 5.96 Å². The number of nitrogens with zero attached hydrogens (tertiary/aromatic N) is 1. The van der Waals surface area contributed by atoms with Crippen LogP contribution >= 0.6 is 11.6 Å². The Morgan fingerprint density at radius 1 is 1.04 bits per heavy atom. The molecule has 10 heteroatoms. The number of aliphatic imine (C=N–C) groups is 1. The number of benzene rings is 2. The minimum atomic E-state index is -4.74. The van der Waals surface area contributed by atoms with Gasteiger partial charge in [-0.05, 0) is 55.0 Å². The van der Waals surface area contributed by atoms with Crippen molar-refractivity contribution in [2.45, 2.75) is 19.2 Å². The summed E-state index contributed by atoms with van der Waals surface area (Å²) in [7, 11) is 0. The quantitative estimate of drug-likeness (QED) is 0.356. The van der Waals surface area contributed by atoms with Gasteiger partial charge in [0.05, 0.1) is 0 Å². The number of hydrogen-bond donors (Lipinski definition) is 3. The fourth-order valence-electron chi connectivity index (χ4n) is 2.12. The lowest BCUT2D eigenvalue weighted by atomic mass is 10.2. The molecule has 0 saturated heterocycles. The largest absolute Gasteiger partial charge is 0.573 e. The molecule has 0 bridgehead atoms. The molecule has 0 atom stereocenters. The van der Waals surface area contributed by atoms with Gasteiger partial charge in [-0.1, -0.05) is 11.6 Å². The maximum absolute atomic E-state index is 12.1. The van der Waals surface area contributed by atoms with Crippen LogP contribution in [0.3, 0.4) is 0 Å². The Bertz CT molecular complexity index is 809. The highest BCUT2D eigenvalue weighted by Gasteiger charge is 2.30. The molecule has 0 radical (unpaired) electrons. The lowest BCUT2D eigenvalue weighted by Gasteiger charge is -2.10. The van der Waals surface area contributed by atoms with Crippen LogP contribution in [0.4, 0.5) is 24.5 Å². The molecule has 6 nitrogen and oxygen atoms in total. The van der Waals surface area contributed by atoms with Crippen LogP contribution in [-0.2, 0) is 4.79 Å². The number of ether oxygens (including phenoxy) is 1. The monoisotopic (exact) mass is 414 g/mol. The van der Waals surface area contributed by atoms with E-state index < -0.39 is 6.36 Å². The summed E-state index contributed by atoms with van der Waals surface area (Å²) in [5.74, 6) is -0.410. The minimum absolute atomic E-state index is 0.0857. The molecule has 0 fully saturated rings. The van der Waals surface area contributed by atoms with E-state index in [9.17, 15) is 18.0 Å². The summed E-state index contributed by atoms with van der Waals surface area (Å²) < 4.78 is 40.1. The molecule has 2 rings (SSSR count). The number of nitrogens with two attached hydrogens (primary N) is 1. The number of carbonyl (C=O) groups excluding carboxylic acids is 1. The number of anilines is 2. The zero-order valence-electron chi connectivity index (χ0n) is 14.6. The highest BCUT2D eigenvalue weighted by atomic mass is 35.5. The average Bonchev–Trinajstić information content (AvgIpc) is 2.61. The number of hydrogen-bond acceptors (Lipinski definition) is 3. The van der Waals surface area contributed by atoms with Crippen molar-refractivity contribution in [3.8, 4) is 5.75 Å². The third-order valence-electron chi connectivity index (χ3n) is 3.33. The van der Waals surface area contributed by atoms with Gasteiger partial charge in [0.1, 0.15) is 5.75 Å². The van der Waals surface area contributed by atoms with E-state index in [1.165, 1.54) is 12.1 Å². The van der Waals surface area contributed by atoms with Crippen molar-refractivity contribution in [1.29, 1.82) is 0 Å². The zero-order valence-corrected chi connectivity index (χ0v) is 15.3. The molecule has 0 aromatic heterocycles. The standard InChI is InChI=1S/C18H18ClF3N4O2/c19-12-3-5-13(6-4-12)25-16(27)2-1-11-24-17(23)26-14-7-9-15(10-8-14)28-18(20,21)22/h3-10H,1-2,11H2,(H,25,27)(H3,23,24,26). The van der Waals surface area contributed by atoms with Crippen LogP contribution < -0.4 is 21.1 Å². The molecule has 2 aromatic carbocycles. The Morgan fingerprint density at radius 3 is 2.21 bits per heavy atom. The van der Waals surface area contributed by atoms with Gasteiger partial charge in [-0.15, -0.1) is 13.2 Å². The topological polar surface area (TPSA) is 88.7 Å². The Kier molecular flexibility index (Phi) is 7.51. The first-order valence-electron chi connectivity index (χ1n) is 8.19. The number of nitrogens with one attached hydrogen (secondary N) is 2. The lowest BCUT2D eigenvalue weighted by Crippen LogP contribution is -2.23. The second-order valence-corrected chi connectivity index (χ2v) is 6.06. The normalized spacial score (nSPS) is 11.8. The molecule has 0 aliphatic heterocycles. The highest BCUT2D eigenvalue weighted by Crippen LogP contribution is 2.23. The summed E-state index contributed by atoms with van der Waals surface area (Å²) in [6.07, 6.45) is -4.02. The van der Waals surface area contributed by atoms with Gasteiger partial charge in [0, 0.05) is 29.4 Å². The Morgan fingerprint density at radius 2 is 1.61 bits per heavy atom. The molecule has 0 aliphatic rings. The molecular weight excluding hydrogens is 397 g/mol. The lowest BCUT2D eigenvalue weighted by molar-refractivity contribution is -0.274. The first-order chi connectivity index (χ1) is 13.2. The van der Waals surface area contributed by atoms with Crippen LogP contribution in [0.15, 0.2) is 53.5 Å². The van der Waals surface area contributed by atoms with Crippen molar-refractivity contribution in [2.24, 2.45) is 10.7 Å². The van der Waals surface area contributed by atoms with E-state index >= 15 is 0 Å². The van der Waals surface area contributed by atoms with Crippen LogP contribution in [0, 0.1) is 0 Å². The van der Waals surface area contributed by atoms with Crippen LogP contribution in [0.1, 0.15) is 12.8 Å². The van der Waals surface area contributed by atoms with E-state index in [0.29, 0.717) is 29.4 Å². The zero-order chi connectivity index (χ0) is 20.6. The predicted octanol–water partition coefficient (Wildman–Crippen LogP) is 4.38. The molecule has 2 aromatic rings. The molecule has 0 heterocycles. The summed E-state index contributed by atoms with van der Waals surface area (Å²) in [4.78, 5) is 15.9. The molecule has 0 saturated carbocycles. The Labute approximate surface area is 164 Å².